The zero-order chi connectivity index (χ0) is 23.0. The second-order valence-electron chi connectivity index (χ2n) is 6.53. The number of nitrogen functional groups attached to an aromatic ring is 1. The summed E-state index contributed by atoms with van der Waals surface area (Å²) in [6.07, 6.45) is -0.124. The number of amides is 2. The number of nitrogens with one attached hydrogen (secondary N) is 2. The van der Waals surface area contributed by atoms with Crippen LogP contribution < -0.4 is 16.4 Å². The fraction of sp³-hybridized carbons (Fsp3) is 0.238. The average Bonchev–Trinajstić information content (AvgIpc) is 2.74. The highest BCUT2D eigenvalue weighted by Gasteiger charge is 2.25. The number of hydrogen-bond donors (Lipinski definition) is 3. The predicted molar refractivity (Wildman–Crippen MR) is 117 cm³/mol. The predicted octanol–water partition coefficient (Wildman–Crippen LogP) is 2.63. The molecule has 0 heterocycles. The maximum Gasteiger partial charge on any atom is 0.328 e. The van der Waals surface area contributed by atoms with Crippen molar-refractivity contribution >= 4 is 52.5 Å². The van der Waals surface area contributed by atoms with E-state index >= 15 is 0 Å². The normalized spacial score (nSPS) is 11.3. The fourth-order valence-corrected chi connectivity index (χ4v) is 3.26. The minimum Gasteiger partial charge on any atom is -0.467 e. The number of carbonyl (C=O) groups excluding carboxylic acids is 4. The summed E-state index contributed by atoms with van der Waals surface area (Å²) < 4.78 is 4.70. The molecule has 10 heteroatoms. The maximum absolute atomic E-state index is 12.5. The van der Waals surface area contributed by atoms with Gasteiger partial charge in [-0.1, -0.05) is 35.3 Å². The van der Waals surface area contributed by atoms with E-state index in [1.54, 1.807) is 24.3 Å². The molecule has 0 aliphatic rings. The molecule has 0 radical (unpaired) electrons. The van der Waals surface area contributed by atoms with Crippen molar-refractivity contribution in [3.05, 3.63) is 63.6 Å². The highest BCUT2D eigenvalue weighted by Crippen LogP contribution is 2.24. The van der Waals surface area contributed by atoms with Gasteiger partial charge in [0.2, 0.25) is 0 Å². The Hall–Kier alpha value is -3.10. The van der Waals surface area contributed by atoms with Crippen molar-refractivity contribution in [2.75, 3.05) is 19.4 Å². The van der Waals surface area contributed by atoms with E-state index in [4.69, 9.17) is 33.7 Å². The van der Waals surface area contributed by atoms with Crippen LogP contribution in [0, 0.1) is 0 Å². The van der Waals surface area contributed by atoms with Crippen LogP contribution in [0.3, 0.4) is 0 Å². The standard InChI is InChI=1S/C21H21Cl2N3O5/c1-31-21(30)17(26-20(29)18-15(22)6-3-7-16(18)23)9-8-14(27)11-25-19(28)12-4-2-5-13(24)10-12/h2-7,10,17H,8-9,11,24H2,1H3,(H,25,28)(H,26,29)/t17-/m0/s1. The summed E-state index contributed by atoms with van der Waals surface area (Å²) in [6, 6.07) is 9.78. The number of nitrogens with two attached hydrogens (primary N) is 1. The van der Waals surface area contributed by atoms with Gasteiger partial charge in [0.05, 0.1) is 29.3 Å². The SMILES string of the molecule is COC(=O)[C@H](CCC(=O)CNC(=O)c1cccc(N)c1)NC(=O)c1c(Cl)cccc1Cl. The van der Waals surface area contributed by atoms with Crippen LogP contribution in [0.1, 0.15) is 33.6 Å². The van der Waals surface area contributed by atoms with Crippen LogP contribution in [0.5, 0.6) is 0 Å². The lowest BCUT2D eigenvalue weighted by atomic mass is 10.1. The lowest BCUT2D eigenvalue weighted by Crippen LogP contribution is -2.42. The number of halogens is 2. The molecule has 0 aliphatic carbocycles. The summed E-state index contributed by atoms with van der Waals surface area (Å²) in [7, 11) is 1.16. The molecule has 2 aromatic rings. The molecule has 2 aromatic carbocycles. The summed E-state index contributed by atoms with van der Waals surface area (Å²) in [6.45, 7) is -0.244. The van der Waals surface area contributed by atoms with Crippen molar-refractivity contribution in [3.8, 4) is 0 Å². The molecule has 2 amide bonds. The van der Waals surface area contributed by atoms with Crippen LogP contribution in [-0.4, -0.2) is 43.3 Å². The van der Waals surface area contributed by atoms with Gasteiger partial charge in [0.1, 0.15) is 6.04 Å². The lowest BCUT2D eigenvalue weighted by molar-refractivity contribution is -0.143. The third-order valence-corrected chi connectivity index (χ3v) is 4.92. The first kappa shape index (κ1) is 24.2. The van der Waals surface area contributed by atoms with Crippen LogP contribution in [0.15, 0.2) is 42.5 Å². The van der Waals surface area contributed by atoms with E-state index in [9.17, 15) is 19.2 Å². The van der Waals surface area contributed by atoms with Gasteiger partial charge in [0.25, 0.3) is 11.8 Å². The Balaban J connectivity index is 1.94. The molecule has 2 rings (SSSR count). The summed E-state index contributed by atoms with van der Waals surface area (Å²) in [5.74, 6) is -2.19. The third-order valence-electron chi connectivity index (χ3n) is 4.29. The number of hydrogen-bond acceptors (Lipinski definition) is 6. The van der Waals surface area contributed by atoms with E-state index in [0.29, 0.717) is 11.3 Å². The van der Waals surface area contributed by atoms with Gasteiger partial charge in [-0.05, 0) is 36.8 Å². The van der Waals surface area contributed by atoms with Gasteiger partial charge in [0.15, 0.2) is 5.78 Å². The third kappa shape index (κ3) is 6.97. The number of carbonyl (C=O) groups is 4. The van der Waals surface area contributed by atoms with Crippen LogP contribution in [0.25, 0.3) is 0 Å². The Kier molecular flexibility index (Phi) is 8.84. The second kappa shape index (κ2) is 11.3. The van der Waals surface area contributed by atoms with Crippen molar-refractivity contribution < 1.29 is 23.9 Å². The van der Waals surface area contributed by atoms with Gasteiger partial charge in [0, 0.05) is 17.7 Å². The van der Waals surface area contributed by atoms with Crippen molar-refractivity contribution in [1.82, 2.24) is 10.6 Å². The molecule has 164 valence electrons. The Bertz CT molecular complexity index is 976. The summed E-state index contributed by atoms with van der Waals surface area (Å²) >= 11 is 12.0. The van der Waals surface area contributed by atoms with E-state index < -0.39 is 23.8 Å². The van der Waals surface area contributed by atoms with Crippen molar-refractivity contribution in [2.24, 2.45) is 0 Å². The molecule has 0 saturated heterocycles. The Labute approximate surface area is 189 Å². The molecule has 0 saturated carbocycles. The molecule has 0 aromatic heterocycles. The number of anilines is 1. The molecule has 31 heavy (non-hydrogen) atoms. The van der Waals surface area contributed by atoms with Crippen LogP contribution in [-0.2, 0) is 14.3 Å². The Morgan fingerprint density at radius 2 is 1.68 bits per heavy atom. The molecule has 0 unspecified atom stereocenters. The highest BCUT2D eigenvalue weighted by atomic mass is 35.5. The first-order valence-corrected chi connectivity index (χ1v) is 9.96. The first-order valence-electron chi connectivity index (χ1n) is 9.21. The summed E-state index contributed by atoms with van der Waals surface area (Å²) in [4.78, 5) is 48.8. The number of methoxy groups -OCH3 is 1. The van der Waals surface area contributed by atoms with Gasteiger partial charge in [-0.3, -0.25) is 14.4 Å². The topological polar surface area (TPSA) is 128 Å². The van der Waals surface area contributed by atoms with Crippen LogP contribution in [0.2, 0.25) is 10.0 Å². The van der Waals surface area contributed by atoms with Gasteiger partial charge in [-0.2, -0.15) is 0 Å². The van der Waals surface area contributed by atoms with E-state index in [1.807, 2.05) is 0 Å². The largest absolute Gasteiger partial charge is 0.467 e. The maximum atomic E-state index is 12.5. The molecule has 0 fully saturated rings. The molecule has 8 nitrogen and oxygen atoms in total. The zero-order valence-corrected chi connectivity index (χ0v) is 18.1. The smallest absolute Gasteiger partial charge is 0.328 e. The van der Waals surface area contributed by atoms with E-state index in [1.165, 1.54) is 18.2 Å². The quantitative estimate of drug-likeness (QED) is 0.385. The van der Waals surface area contributed by atoms with Crippen molar-refractivity contribution in [2.45, 2.75) is 18.9 Å². The number of esters is 1. The number of rotatable bonds is 9. The van der Waals surface area contributed by atoms with Crippen LogP contribution >= 0.6 is 23.2 Å². The molecule has 4 N–H and O–H groups in total. The molecule has 0 aliphatic heterocycles. The first-order chi connectivity index (χ1) is 14.7. The number of Topliss-reactive ketones (excluding diaryl/α,β-unsaturated/α-hetero) is 1. The molecular weight excluding hydrogens is 445 g/mol. The fourth-order valence-electron chi connectivity index (χ4n) is 2.69. The molecule has 0 spiro atoms. The second-order valence-corrected chi connectivity index (χ2v) is 7.35. The van der Waals surface area contributed by atoms with Crippen molar-refractivity contribution in [3.63, 3.8) is 0 Å². The summed E-state index contributed by atoms with van der Waals surface area (Å²) in [5, 5.41) is 5.21. The lowest BCUT2D eigenvalue weighted by Gasteiger charge is -2.17. The van der Waals surface area contributed by atoms with E-state index in [2.05, 4.69) is 10.6 Å². The van der Waals surface area contributed by atoms with E-state index in [0.717, 1.165) is 7.11 Å². The van der Waals surface area contributed by atoms with Gasteiger partial charge >= 0.3 is 5.97 Å². The van der Waals surface area contributed by atoms with Crippen LogP contribution in [0.4, 0.5) is 5.69 Å². The summed E-state index contributed by atoms with van der Waals surface area (Å²) in [5.41, 5.74) is 6.40. The Morgan fingerprint density at radius 3 is 2.29 bits per heavy atom. The van der Waals surface area contributed by atoms with Gasteiger partial charge in [-0.25, -0.2) is 4.79 Å². The highest BCUT2D eigenvalue weighted by molar-refractivity contribution is 6.39. The average molecular weight is 466 g/mol. The monoisotopic (exact) mass is 465 g/mol. The number of benzene rings is 2. The van der Waals surface area contributed by atoms with Gasteiger partial charge in [-0.15, -0.1) is 0 Å². The zero-order valence-electron chi connectivity index (χ0n) is 16.6. The minimum absolute atomic E-state index is 0.0143. The number of ether oxygens (including phenoxy) is 1. The molecule has 0 bridgehead atoms. The molecular formula is C21H21Cl2N3O5. The van der Waals surface area contributed by atoms with Crippen molar-refractivity contribution in [1.29, 1.82) is 0 Å². The minimum atomic E-state index is -1.10. The molecule has 1 atom stereocenters. The number of ketones is 1. The Morgan fingerprint density at radius 1 is 1.03 bits per heavy atom. The van der Waals surface area contributed by atoms with E-state index in [-0.39, 0.29) is 40.8 Å². The van der Waals surface area contributed by atoms with Gasteiger partial charge < -0.3 is 21.1 Å².